The maximum absolute atomic E-state index is 13.4. The number of hydrogen-bond acceptors (Lipinski definition) is 3. The third-order valence-electron chi connectivity index (χ3n) is 2.07. The number of rotatable bonds is 2. The summed E-state index contributed by atoms with van der Waals surface area (Å²) in [6.07, 6.45) is 1.76. The molecule has 0 spiro atoms. The van der Waals surface area contributed by atoms with Crippen molar-refractivity contribution in [3.8, 4) is 5.75 Å². The smallest absolute Gasteiger partial charge is 0.167 e. The Morgan fingerprint density at radius 3 is 2.53 bits per heavy atom. The predicted octanol–water partition coefficient (Wildman–Crippen LogP) is 1.93. The summed E-state index contributed by atoms with van der Waals surface area (Å²) >= 11 is 0. The molecule has 1 aromatic rings. The van der Waals surface area contributed by atoms with Gasteiger partial charge in [-0.05, 0) is 13.0 Å². The number of benzene rings is 1. The van der Waals surface area contributed by atoms with Gasteiger partial charge in [0, 0.05) is 29.1 Å². The molecule has 5 heteroatoms. The Kier molecular flexibility index (Phi) is 3.04. The Morgan fingerprint density at radius 1 is 1.47 bits per heavy atom. The van der Waals surface area contributed by atoms with E-state index < -0.39 is 11.6 Å². The topological polar surface area (TPSA) is 70.1 Å². The third-order valence-corrected chi connectivity index (χ3v) is 2.07. The predicted molar refractivity (Wildman–Crippen MR) is 53.7 cm³/mol. The summed E-state index contributed by atoms with van der Waals surface area (Å²) in [5, 5.41) is 16.2. The van der Waals surface area contributed by atoms with Gasteiger partial charge < -0.3 is 16.2 Å². The molecule has 0 aliphatic rings. The molecule has 0 aromatic heterocycles. The van der Waals surface area contributed by atoms with E-state index in [2.05, 4.69) is 0 Å². The first-order valence-electron chi connectivity index (χ1n) is 4.13. The molecule has 0 saturated heterocycles. The number of halogens is 2. The molecule has 1 aromatic carbocycles. The molecule has 0 atom stereocenters. The number of phenols is 1. The lowest BCUT2D eigenvalue weighted by molar-refractivity contribution is 0.446. The van der Waals surface area contributed by atoms with Crippen LogP contribution in [0.15, 0.2) is 12.3 Å². The van der Waals surface area contributed by atoms with Crippen molar-refractivity contribution in [1.29, 1.82) is 5.41 Å². The van der Waals surface area contributed by atoms with E-state index >= 15 is 0 Å². The minimum atomic E-state index is -1.13. The van der Waals surface area contributed by atoms with Crippen molar-refractivity contribution in [3.05, 3.63) is 35.0 Å². The minimum Gasteiger partial charge on any atom is -0.508 e. The van der Waals surface area contributed by atoms with Gasteiger partial charge in [0.25, 0.3) is 0 Å². The highest BCUT2D eigenvalue weighted by Crippen LogP contribution is 2.28. The molecule has 0 aliphatic carbocycles. The first-order valence-corrected chi connectivity index (χ1v) is 4.13. The van der Waals surface area contributed by atoms with Crippen molar-refractivity contribution < 1.29 is 13.9 Å². The molecule has 3 nitrogen and oxygen atoms in total. The monoisotopic (exact) mass is 212 g/mol. The number of aromatic hydroxyl groups is 1. The van der Waals surface area contributed by atoms with Crippen molar-refractivity contribution in [2.75, 3.05) is 0 Å². The Morgan fingerprint density at radius 2 is 2.07 bits per heavy atom. The highest BCUT2D eigenvalue weighted by molar-refractivity contribution is 6.08. The largest absolute Gasteiger partial charge is 0.508 e. The first-order chi connectivity index (χ1) is 7.02. The molecule has 1 rings (SSSR count). The van der Waals surface area contributed by atoms with Crippen LogP contribution < -0.4 is 5.73 Å². The van der Waals surface area contributed by atoms with Gasteiger partial charge in [-0.15, -0.1) is 0 Å². The van der Waals surface area contributed by atoms with E-state index in [1.165, 1.54) is 6.92 Å². The van der Waals surface area contributed by atoms with Crippen LogP contribution in [0.5, 0.6) is 5.75 Å². The number of allylic oxidation sites excluding steroid dienone is 1. The molecule has 0 radical (unpaired) electrons. The molecule has 0 bridgehead atoms. The molecule has 0 saturated carbocycles. The normalized spacial score (nSPS) is 11.5. The van der Waals surface area contributed by atoms with Crippen molar-refractivity contribution >= 4 is 11.8 Å². The summed E-state index contributed by atoms with van der Waals surface area (Å²) in [5.41, 5.74) is 4.74. The molecule has 0 heterocycles. The maximum atomic E-state index is 13.4. The quantitative estimate of drug-likeness (QED) is 0.655. The minimum absolute atomic E-state index is 0.00157. The van der Waals surface area contributed by atoms with Gasteiger partial charge in [0.1, 0.15) is 5.75 Å². The summed E-state index contributed by atoms with van der Waals surface area (Å²) in [6, 6.07) is 1.04. The van der Waals surface area contributed by atoms with Gasteiger partial charge in [-0.2, -0.15) is 0 Å². The van der Waals surface area contributed by atoms with Crippen LogP contribution in [0, 0.1) is 24.0 Å². The van der Waals surface area contributed by atoms with Crippen LogP contribution in [0.3, 0.4) is 0 Å². The van der Waals surface area contributed by atoms with E-state index in [1.807, 2.05) is 0 Å². The standard InChI is InChI=1S/C10H10F2N2O/c1-5-8(15)2-7(6(3-13)4-14)10(12)9(5)11/h2-4,13,15H,14H2,1H3/b6-4+,13-3?. The highest BCUT2D eigenvalue weighted by atomic mass is 19.2. The van der Waals surface area contributed by atoms with Gasteiger partial charge in [-0.3, -0.25) is 0 Å². The second-order valence-corrected chi connectivity index (χ2v) is 2.96. The van der Waals surface area contributed by atoms with E-state index in [4.69, 9.17) is 11.1 Å². The second kappa shape index (κ2) is 4.08. The molecule has 0 aliphatic heterocycles. The molecule has 4 N–H and O–H groups in total. The maximum Gasteiger partial charge on any atom is 0.167 e. The van der Waals surface area contributed by atoms with Crippen LogP contribution in [-0.4, -0.2) is 11.3 Å². The van der Waals surface area contributed by atoms with Crippen molar-refractivity contribution in [2.24, 2.45) is 5.73 Å². The molecule has 0 unspecified atom stereocenters. The fourth-order valence-electron chi connectivity index (χ4n) is 1.13. The van der Waals surface area contributed by atoms with E-state index in [0.29, 0.717) is 0 Å². The number of hydrogen-bond donors (Lipinski definition) is 3. The highest BCUT2D eigenvalue weighted by Gasteiger charge is 2.16. The zero-order valence-corrected chi connectivity index (χ0v) is 8.01. The van der Waals surface area contributed by atoms with Crippen molar-refractivity contribution in [3.63, 3.8) is 0 Å². The average molecular weight is 212 g/mol. The Bertz CT molecular complexity index is 442. The Balaban J connectivity index is 3.51. The van der Waals surface area contributed by atoms with Gasteiger partial charge in [0.05, 0.1) is 0 Å². The fraction of sp³-hybridized carbons (Fsp3) is 0.100. The lowest BCUT2D eigenvalue weighted by Gasteiger charge is -2.07. The average Bonchev–Trinajstić information content (AvgIpc) is 2.24. The molecule has 15 heavy (non-hydrogen) atoms. The van der Waals surface area contributed by atoms with E-state index in [9.17, 15) is 13.9 Å². The summed E-state index contributed by atoms with van der Waals surface area (Å²) in [4.78, 5) is 0. The van der Waals surface area contributed by atoms with Gasteiger partial charge in [0.15, 0.2) is 11.6 Å². The summed E-state index contributed by atoms with van der Waals surface area (Å²) in [5.74, 6) is -2.62. The van der Waals surface area contributed by atoms with Crippen LogP contribution >= 0.6 is 0 Å². The van der Waals surface area contributed by atoms with Crippen molar-refractivity contribution in [2.45, 2.75) is 6.92 Å². The zero-order valence-electron chi connectivity index (χ0n) is 8.01. The lowest BCUT2D eigenvalue weighted by atomic mass is 10.0. The zero-order chi connectivity index (χ0) is 11.6. The summed E-state index contributed by atoms with van der Waals surface area (Å²) in [6.45, 7) is 1.26. The van der Waals surface area contributed by atoms with E-state index in [-0.39, 0.29) is 22.4 Å². The van der Waals surface area contributed by atoms with E-state index in [1.54, 1.807) is 0 Å². The van der Waals surface area contributed by atoms with E-state index in [0.717, 1.165) is 18.5 Å². The van der Waals surface area contributed by atoms with Gasteiger partial charge in [-0.1, -0.05) is 0 Å². The van der Waals surface area contributed by atoms with Crippen molar-refractivity contribution in [1.82, 2.24) is 0 Å². The van der Waals surface area contributed by atoms with Gasteiger partial charge in [0.2, 0.25) is 0 Å². The Labute approximate surface area is 85.4 Å². The van der Waals surface area contributed by atoms with Crippen LogP contribution in [0.2, 0.25) is 0 Å². The Hall–Kier alpha value is -1.91. The second-order valence-electron chi connectivity index (χ2n) is 2.96. The number of nitrogens with two attached hydrogens (primary N) is 1. The molecule has 0 amide bonds. The number of nitrogens with one attached hydrogen (secondary N) is 1. The fourth-order valence-corrected chi connectivity index (χ4v) is 1.13. The van der Waals surface area contributed by atoms with Gasteiger partial charge in [-0.25, -0.2) is 8.78 Å². The summed E-state index contributed by atoms with van der Waals surface area (Å²) < 4.78 is 26.6. The van der Waals surface area contributed by atoms with Crippen LogP contribution in [0.4, 0.5) is 8.78 Å². The molecule has 0 fully saturated rings. The SMILES string of the molecule is Cc1c(O)cc(/C(C=N)=C/N)c(F)c1F. The first kappa shape index (κ1) is 11.2. The van der Waals surface area contributed by atoms with Crippen LogP contribution in [0.25, 0.3) is 5.57 Å². The molecule has 80 valence electrons. The van der Waals surface area contributed by atoms with Crippen LogP contribution in [-0.2, 0) is 0 Å². The number of phenolic OH excluding ortho intramolecular Hbond substituents is 1. The lowest BCUT2D eigenvalue weighted by Crippen LogP contribution is -1.99. The summed E-state index contributed by atoms with van der Waals surface area (Å²) in [7, 11) is 0. The van der Waals surface area contributed by atoms with Gasteiger partial charge >= 0.3 is 0 Å². The molecular weight excluding hydrogens is 202 g/mol. The van der Waals surface area contributed by atoms with Crippen LogP contribution in [0.1, 0.15) is 11.1 Å². The molecular formula is C10H10F2N2O. The third kappa shape index (κ3) is 1.81.